The molecule has 2 atom stereocenters. The molecule has 0 bridgehead atoms. The molecule has 1 aliphatic rings. The molecule has 2 rings (SSSR count). The highest BCUT2D eigenvalue weighted by Gasteiger charge is 2.25. The van der Waals surface area contributed by atoms with Gasteiger partial charge < -0.3 is 10.1 Å². The summed E-state index contributed by atoms with van der Waals surface area (Å²) in [4.78, 5) is 12.3. The molecule has 0 spiro atoms. The first-order valence-electron chi connectivity index (χ1n) is 7.16. The molecule has 1 aromatic carbocycles. The van der Waals surface area contributed by atoms with Gasteiger partial charge in [0.05, 0.1) is 6.61 Å². The van der Waals surface area contributed by atoms with Crippen LogP contribution in [-0.2, 0) is 11.3 Å². The molecule has 110 valence electrons. The Morgan fingerprint density at radius 2 is 2.00 bits per heavy atom. The minimum atomic E-state index is 0.0416. The van der Waals surface area contributed by atoms with E-state index >= 15 is 0 Å². The van der Waals surface area contributed by atoms with Gasteiger partial charge in [0, 0.05) is 24.0 Å². The standard InChI is InChI=1S/C16H23NO2S/c1-19-11-12-7-9-13(10-8-12)16(18)17-14-5-3-4-6-15(14)20-2/h7-10,14-15H,3-6,11H2,1-2H3,(H,17,18)/t14-,15-/m0/s1. The molecule has 1 N–H and O–H groups in total. The van der Waals surface area contributed by atoms with Crippen molar-refractivity contribution in [2.24, 2.45) is 0 Å². The Labute approximate surface area is 125 Å². The van der Waals surface area contributed by atoms with Gasteiger partial charge in [0.15, 0.2) is 0 Å². The number of carbonyl (C=O) groups is 1. The highest BCUT2D eigenvalue weighted by Crippen LogP contribution is 2.27. The summed E-state index contributed by atoms with van der Waals surface area (Å²) in [6, 6.07) is 7.96. The van der Waals surface area contributed by atoms with Crippen LogP contribution >= 0.6 is 11.8 Å². The van der Waals surface area contributed by atoms with E-state index in [9.17, 15) is 4.79 Å². The normalized spacial score (nSPS) is 22.5. The van der Waals surface area contributed by atoms with Crippen LogP contribution in [0.3, 0.4) is 0 Å². The number of benzene rings is 1. The zero-order valence-electron chi connectivity index (χ0n) is 12.2. The molecule has 0 saturated heterocycles. The number of hydrogen-bond acceptors (Lipinski definition) is 3. The number of ether oxygens (including phenoxy) is 1. The van der Waals surface area contributed by atoms with Crippen molar-refractivity contribution in [1.29, 1.82) is 0 Å². The van der Waals surface area contributed by atoms with Crippen LogP contribution < -0.4 is 5.32 Å². The second-order valence-corrected chi connectivity index (χ2v) is 6.35. The first-order valence-corrected chi connectivity index (χ1v) is 8.45. The van der Waals surface area contributed by atoms with Crippen molar-refractivity contribution in [3.8, 4) is 0 Å². The van der Waals surface area contributed by atoms with Gasteiger partial charge >= 0.3 is 0 Å². The second-order valence-electron chi connectivity index (χ2n) is 5.27. The number of nitrogens with one attached hydrogen (secondary N) is 1. The predicted octanol–water partition coefficient (Wildman–Crippen LogP) is 3.24. The van der Waals surface area contributed by atoms with Crippen molar-refractivity contribution >= 4 is 17.7 Å². The fraction of sp³-hybridized carbons (Fsp3) is 0.562. The molecule has 1 saturated carbocycles. The highest BCUT2D eigenvalue weighted by atomic mass is 32.2. The topological polar surface area (TPSA) is 38.3 Å². The maximum absolute atomic E-state index is 12.3. The second kappa shape index (κ2) is 7.70. The van der Waals surface area contributed by atoms with E-state index in [1.165, 1.54) is 19.3 Å². The fourth-order valence-electron chi connectivity index (χ4n) is 2.71. The number of amides is 1. The number of hydrogen-bond donors (Lipinski definition) is 1. The maximum Gasteiger partial charge on any atom is 0.251 e. The third-order valence-corrected chi connectivity index (χ3v) is 5.02. The summed E-state index contributed by atoms with van der Waals surface area (Å²) in [7, 11) is 1.67. The molecular weight excluding hydrogens is 270 g/mol. The van der Waals surface area contributed by atoms with E-state index in [0.29, 0.717) is 17.9 Å². The Bertz CT molecular complexity index is 433. The SMILES string of the molecule is COCc1ccc(C(=O)N[C@H]2CCCC[C@@H]2SC)cc1. The molecular formula is C16H23NO2S. The summed E-state index contributed by atoms with van der Waals surface area (Å²) in [5.41, 5.74) is 1.82. The number of rotatable bonds is 5. The van der Waals surface area contributed by atoms with Crippen LogP contribution in [0.4, 0.5) is 0 Å². The minimum Gasteiger partial charge on any atom is -0.380 e. The zero-order chi connectivity index (χ0) is 14.4. The van der Waals surface area contributed by atoms with Crippen molar-refractivity contribution in [3.63, 3.8) is 0 Å². The van der Waals surface area contributed by atoms with Crippen molar-refractivity contribution in [1.82, 2.24) is 5.32 Å². The molecule has 4 heteroatoms. The molecule has 1 aliphatic carbocycles. The van der Waals surface area contributed by atoms with Gasteiger partial charge in [-0.3, -0.25) is 4.79 Å². The van der Waals surface area contributed by atoms with Crippen LogP contribution in [0.25, 0.3) is 0 Å². The maximum atomic E-state index is 12.3. The molecule has 0 aliphatic heterocycles. The minimum absolute atomic E-state index is 0.0416. The van der Waals surface area contributed by atoms with Gasteiger partial charge in [-0.25, -0.2) is 0 Å². The van der Waals surface area contributed by atoms with E-state index in [-0.39, 0.29) is 5.91 Å². The summed E-state index contributed by atoms with van der Waals surface area (Å²) in [6.45, 7) is 0.582. The quantitative estimate of drug-likeness (QED) is 0.905. The fourth-order valence-corrected chi connectivity index (χ4v) is 3.65. The van der Waals surface area contributed by atoms with Gasteiger partial charge in [-0.05, 0) is 36.8 Å². The van der Waals surface area contributed by atoms with Crippen LogP contribution in [0.1, 0.15) is 41.6 Å². The van der Waals surface area contributed by atoms with E-state index in [0.717, 1.165) is 17.5 Å². The van der Waals surface area contributed by atoms with Crippen molar-refractivity contribution in [2.45, 2.75) is 43.6 Å². The van der Waals surface area contributed by atoms with Crippen molar-refractivity contribution < 1.29 is 9.53 Å². The van der Waals surface area contributed by atoms with Gasteiger partial charge in [-0.1, -0.05) is 25.0 Å². The van der Waals surface area contributed by atoms with Gasteiger partial charge in [0.2, 0.25) is 0 Å². The molecule has 1 amide bonds. The Kier molecular flexibility index (Phi) is 5.92. The largest absolute Gasteiger partial charge is 0.380 e. The molecule has 0 aromatic heterocycles. The van der Waals surface area contributed by atoms with E-state index < -0.39 is 0 Å². The number of methoxy groups -OCH3 is 1. The lowest BCUT2D eigenvalue weighted by molar-refractivity contribution is 0.0929. The smallest absolute Gasteiger partial charge is 0.251 e. The van der Waals surface area contributed by atoms with Gasteiger partial charge in [0.25, 0.3) is 5.91 Å². The summed E-state index contributed by atoms with van der Waals surface area (Å²) in [5, 5.41) is 3.75. The summed E-state index contributed by atoms with van der Waals surface area (Å²) < 4.78 is 5.08. The molecule has 0 unspecified atom stereocenters. The summed E-state index contributed by atoms with van der Waals surface area (Å²) in [5.74, 6) is 0.0416. The Morgan fingerprint density at radius 1 is 1.30 bits per heavy atom. The third kappa shape index (κ3) is 4.00. The predicted molar refractivity (Wildman–Crippen MR) is 84.2 cm³/mol. The lowest BCUT2D eigenvalue weighted by Crippen LogP contribution is -2.43. The highest BCUT2D eigenvalue weighted by molar-refractivity contribution is 7.99. The molecule has 1 aromatic rings. The molecule has 20 heavy (non-hydrogen) atoms. The first-order chi connectivity index (χ1) is 9.74. The van der Waals surface area contributed by atoms with Crippen LogP contribution in [0, 0.1) is 0 Å². The monoisotopic (exact) mass is 293 g/mol. The van der Waals surface area contributed by atoms with Crippen LogP contribution in [0.15, 0.2) is 24.3 Å². The van der Waals surface area contributed by atoms with Gasteiger partial charge in [-0.15, -0.1) is 0 Å². The van der Waals surface area contributed by atoms with Crippen LogP contribution in [-0.4, -0.2) is 30.6 Å². The summed E-state index contributed by atoms with van der Waals surface area (Å²) in [6.07, 6.45) is 6.94. The molecule has 3 nitrogen and oxygen atoms in total. The third-order valence-electron chi connectivity index (χ3n) is 3.85. The van der Waals surface area contributed by atoms with Gasteiger partial charge in [-0.2, -0.15) is 11.8 Å². The van der Waals surface area contributed by atoms with Crippen LogP contribution in [0.5, 0.6) is 0 Å². The van der Waals surface area contributed by atoms with Crippen molar-refractivity contribution in [3.05, 3.63) is 35.4 Å². The molecule has 0 radical (unpaired) electrons. The molecule has 1 fully saturated rings. The average molecular weight is 293 g/mol. The van der Waals surface area contributed by atoms with E-state index in [1.54, 1.807) is 7.11 Å². The lowest BCUT2D eigenvalue weighted by atomic mass is 9.94. The Hall–Kier alpha value is -1.00. The lowest BCUT2D eigenvalue weighted by Gasteiger charge is -2.30. The van der Waals surface area contributed by atoms with Crippen molar-refractivity contribution in [2.75, 3.05) is 13.4 Å². The Balaban J connectivity index is 1.96. The summed E-state index contributed by atoms with van der Waals surface area (Å²) >= 11 is 1.87. The Morgan fingerprint density at radius 3 is 2.65 bits per heavy atom. The molecule has 0 heterocycles. The zero-order valence-corrected chi connectivity index (χ0v) is 13.0. The number of thioether (sulfide) groups is 1. The van der Waals surface area contributed by atoms with E-state index in [2.05, 4.69) is 11.6 Å². The number of carbonyl (C=O) groups excluding carboxylic acids is 1. The first kappa shape index (κ1) is 15.4. The van der Waals surface area contributed by atoms with E-state index in [4.69, 9.17) is 4.74 Å². The average Bonchev–Trinajstić information content (AvgIpc) is 2.49. The van der Waals surface area contributed by atoms with Gasteiger partial charge in [0.1, 0.15) is 0 Å². The van der Waals surface area contributed by atoms with E-state index in [1.807, 2.05) is 36.0 Å². The van der Waals surface area contributed by atoms with Crippen LogP contribution in [0.2, 0.25) is 0 Å².